The van der Waals surface area contributed by atoms with Gasteiger partial charge in [-0.15, -0.1) is 0 Å². The molecule has 3 atom stereocenters. The maximum atomic E-state index is 10.9. The number of aryl methyl sites for hydroxylation is 1. The second-order valence-electron chi connectivity index (χ2n) is 7.84. The molecule has 1 N–H and O–H groups in total. The minimum absolute atomic E-state index is 0.0856. The summed E-state index contributed by atoms with van der Waals surface area (Å²) >= 11 is 0. The molecule has 1 saturated heterocycles. The van der Waals surface area contributed by atoms with E-state index >= 15 is 0 Å². The van der Waals surface area contributed by atoms with Gasteiger partial charge in [0.2, 0.25) is 0 Å². The van der Waals surface area contributed by atoms with E-state index in [1.165, 1.54) is 29.7 Å². The van der Waals surface area contributed by atoms with Gasteiger partial charge in [0, 0.05) is 24.7 Å². The molecule has 4 rings (SSSR count). The third-order valence-electron chi connectivity index (χ3n) is 6.04. The molecular weight excluding hydrogens is 322 g/mol. The second-order valence-corrected chi connectivity index (χ2v) is 7.84. The number of carboxylic acids is 1. The average molecular weight is 349 g/mol. The molecule has 2 aromatic carbocycles. The molecule has 2 aliphatic rings. The van der Waals surface area contributed by atoms with Crippen LogP contribution >= 0.6 is 0 Å². The van der Waals surface area contributed by atoms with Crippen LogP contribution in [0.25, 0.3) is 0 Å². The van der Waals surface area contributed by atoms with Crippen molar-refractivity contribution >= 4 is 11.7 Å². The Bertz CT molecular complexity index is 741. The summed E-state index contributed by atoms with van der Waals surface area (Å²) in [5.74, 6) is 0.300. The molecule has 0 bridgehead atoms. The van der Waals surface area contributed by atoms with E-state index in [1.54, 1.807) is 0 Å². The molecule has 3 heteroatoms. The van der Waals surface area contributed by atoms with Crippen molar-refractivity contribution in [3.63, 3.8) is 0 Å². The van der Waals surface area contributed by atoms with E-state index < -0.39 is 5.97 Å². The SMILES string of the molecule is O=C(O)[C@H]1C[C@@H]1CCc1ccc(N2CCCC(c3ccccc3)C2)cc1. The van der Waals surface area contributed by atoms with Crippen LogP contribution in [0.1, 0.15) is 42.7 Å². The van der Waals surface area contributed by atoms with Crippen LogP contribution in [-0.4, -0.2) is 24.2 Å². The zero-order valence-electron chi connectivity index (χ0n) is 15.2. The molecule has 2 fully saturated rings. The minimum atomic E-state index is -0.622. The zero-order chi connectivity index (χ0) is 17.9. The van der Waals surface area contributed by atoms with E-state index in [1.807, 2.05) is 0 Å². The van der Waals surface area contributed by atoms with Crippen molar-refractivity contribution in [1.82, 2.24) is 0 Å². The molecular formula is C23H27NO2. The number of piperidine rings is 1. The van der Waals surface area contributed by atoms with Gasteiger partial charge < -0.3 is 10.0 Å². The number of aliphatic carboxylic acids is 1. The Morgan fingerprint density at radius 2 is 1.85 bits per heavy atom. The Morgan fingerprint density at radius 3 is 2.54 bits per heavy atom. The van der Waals surface area contributed by atoms with Gasteiger partial charge in [-0.2, -0.15) is 0 Å². The van der Waals surface area contributed by atoms with Crippen LogP contribution in [0.4, 0.5) is 5.69 Å². The Kier molecular flexibility index (Phi) is 4.96. The predicted octanol–water partition coefficient (Wildman–Crippen LogP) is 4.72. The third kappa shape index (κ3) is 3.92. The lowest BCUT2D eigenvalue weighted by Crippen LogP contribution is -2.34. The van der Waals surface area contributed by atoms with Crippen LogP contribution in [0.2, 0.25) is 0 Å². The Hall–Kier alpha value is -2.29. The highest BCUT2D eigenvalue weighted by atomic mass is 16.4. The van der Waals surface area contributed by atoms with Crippen molar-refractivity contribution < 1.29 is 9.90 Å². The topological polar surface area (TPSA) is 40.5 Å². The van der Waals surface area contributed by atoms with E-state index in [9.17, 15) is 4.79 Å². The molecule has 1 heterocycles. The zero-order valence-corrected chi connectivity index (χ0v) is 15.2. The first-order valence-corrected chi connectivity index (χ1v) is 9.82. The Morgan fingerprint density at radius 1 is 1.08 bits per heavy atom. The summed E-state index contributed by atoms with van der Waals surface area (Å²) in [6.45, 7) is 2.22. The third-order valence-corrected chi connectivity index (χ3v) is 6.04. The number of nitrogens with zero attached hydrogens (tertiary/aromatic N) is 1. The molecule has 26 heavy (non-hydrogen) atoms. The summed E-state index contributed by atoms with van der Waals surface area (Å²) in [7, 11) is 0. The highest BCUT2D eigenvalue weighted by Crippen LogP contribution is 2.42. The van der Waals surface area contributed by atoms with Crippen LogP contribution in [0.15, 0.2) is 54.6 Å². The van der Waals surface area contributed by atoms with E-state index in [0.29, 0.717) is 11.8 Å². The number of hydrogen-bond donors (Lipinski definition) is 1. The van der Waals surface area contributed by atoms with Gasteiger partial charge in [0.05, 0.1) is 5.92 Å². The van der Waals surface area contributed by atoms with Crippen LogP contribution < -0.4 is 4.90 Å². The molecule has 136 valence electrons. The lowest BCUT2D eigenvalue weighted by molar-refractivity contribution is -0.138. The lowest BCUT2D eigenvalue weighted by Gasteiger charge is -2.34. The van der Waals surface area contributed by atoms with Gasteiger partial charge in [-0.25, -0.2) is 0 Å². The van der Waals surface area contributed by atoms with Gasteiger partial charge in [0.15, 0.2) is 0 Å². The highest BCUT2D eigenvalue weighted by molar-refractivity contribution is 5.73. The molecule has 0 aromatic heterocycles. The predicted molar refractivity (Wildman–Crippen MR) is 105 cm³/mol. The van der Waals surface area contributed by atoms with E-state index in [2.05, 4.69) is 59.5 Å². The van der Waals surface area contributed by atoms with Gasteiger partial charge in [0.25, 0.3) is 0 Å². The van der Waals surface area contributed by atoms with Crippen molar-refractivity contribution in [1.29, 1.82) is 0 Å². The van der Waals surface area contributed by atoms with Crippen LogP contribution in [0.5, 0.6) is 0 Å². The molecule has 0 spiro atoms. The van der Waals surface area contributed by atoms with E-state index in [4.69, 9.17) is 5.11 Å². The van der Waals surface area contributed by atoms with Crippen molar-refractivity contribution in [2.75, 3.05) is 18.0 Å². The van der Waals surface area contributed by atoms with Gasteiger partial charge in [0.1, 0.15) is 0 Å². The fraction of sp³-hybridized carbons (Fsp3) is 0.435. The number of hydrogen-bond acceptors (Lipinski definition) is 2. The number of rotatable bonds is 6. The first kappa shape index (κ1) is 17.1. The largest absolute Gasteiger partial charge is 0.481 e. The minimum Gasteiger partial charge on any atom is -0.481 e. The molecule has 0 amide bonds. The van der Waals surface area contributed by atoms with Gasteiger partial charge >= 0.3 is 5.97 Å². The summed E-state index contributed by atoms with van der Waals surface area (Å²) in [6, 6.07) is 19.8. The van der Waals surface area contributed by atoms with Crippen LogP contribution in [0, 0.1) is 11.8 Å². The van der Waals surface area contributed by atoms with E-state index in [-0.39, 0.29) is 5.92 Å². The average Bonchev–Trinajstić information content (AvgIpc) is 3.48. The van der Waals surface area contributed by atoms with Crippen molar-refractivity contribution in [2.24, 2.45) is 11.8 Å². The standard InChI is InChI=1S/C23H27NO2/c25-23(26)22-15-19(22)11-8-17-9-12-21(13-10-17)24-14-4-7-20(16-24)18-5-2-1-3-6-18/h1-3,5-6,9-10,12-13,19-20,22H,4,7-8,11,14-16H2,(H,25,26)/t19-,20?,22-/m0/s1. The first-order chi connectivity index (χ1) is 12.7. The Labute approximate surface area is 155 Å². The molecule has 1 aliphatic carbocycles. The summed E-state index contributed by atoms with van der Waals surface area (Å²) < 4.78 is 0. The summed E-state index contributed by atoms with van der Waals surface area (Å²) in [4.78, 5) is 13.4. The maximum Gasteiger partial charge on any atom is 0.306 e. The van der Waals surface area contributed by atoms with Crippen molar-refractivity contribution in [3.8, 4) is 0 Å². The number of carboxylic acid groups (broad SMARTS) is 1. The summed E-state index contributed by atoms with van der Waals surface area (Å²) in [5.41, 5.74) is 4.08. The smallest absolute Gasteiger partial charge is 0.306 e. The summed E-state index contributed by atoms with van der Waals surface area (Å²) in [5, 5.41) is 9.00. The fourth-order valence-corrected chi connectivity index (χ4v) is 4.30. The molecule has 1 unspecified atom stereocenters. The lowest BCUT2D eigenvalue weighted by atomic mass is 9.90. The normalized spacial score (nSPS) is 25.1. The van der Waals surface area contributed by atoms with Crippen molar-refractivity contribution in [3.05, 3.63) is 65.7 Å². The van der Waals surface area contributed by atoms with Gasteiger partial charge in [-0.3, -0.25) is 4.79 Å². The molecule has 1 aliphatic heterocycles. The molecule has 2 aromatic rings. The van der Waals surface area contributed by atoms with Crippen LogP contribution in [-0.2, 0) is 11.2 Å². The molecule has 0 radical (unpaired) electrons. The first-order valence-electron chi connectivity index (χ1n) is 9.82. The second kappa shape index (κ2) is 7.53. The quantitative estimate of drug-likeness (QED) is 0.820. The fourth-order valence-electron chi connectivity index (χ4n) is 4.30. The van der Waals surface area contributed by atoms with Gasteiger partial charge in [-0.1, -0.05) is 42.5 Å². The number of anilines is 1. The summed E-state index contributed by atoms with van der Waals surface area (Å²) in [6.07, 6.45) is 5.35. The highest BCUT2D eigenvalue weighted by Gasteiger charge is 2.42. The number of benzene rings is 2. The maximum absolute atomic E-state index is 10.9. The Balaban J connectivity index is 1.34. The molecule has 1 saturated carbocycles. The van der Waals surface area contributed by atoms with Crippen molar-refractivity contribution in [2.45, 2.75) is 38.0 Å². The number of carbonyl (C=O) groups is 1. The van der Waals surface area contributed by atoms with Crippen LogP contribution in [0.3, 0.4) is 0 Å². The molecule has 3 nitrogen and oxygen atoms in total. The van der Waals surface area contributed by atoms with E-state index in [0.717, 1.165) is 32.4 Å². The van der Waals surface area contributed by atoms with Gasteiger partial charge in [-0.05, 0) is 61.3 Å². The monoisotopic (exact) mass is 349 g/mol.